The van der Waals surface area contributed by atoms with Gasteiger partial charge in [0.1, 0.15) is 11.9 Å². The average molecular weight is 397 g/mol. The lowest BCUT2D eigenvalue weighted by Gasteiger charge is -2.12. The van der Waals surface area contributed by atoms with Gasteiger partial charge in [-0.2, -0.15) is 0 Å². The van der Waals surface area contributed by atoms with Crippen molar-refractivity contribution < 1.29 is 4.74 Å². The molecule has 0 amide bonds. The lowest BCUT2D eigenvalue weighted by atomic mass is 10.1. The zero-order chi connectivity index (χ0) is 13.9. The molecule has 1 aliphatic rings. The Kier molecular flexibility index (Phi) is 4.44. The first-order valence-electron chi connectivity index (χ1n) is 6.61. The van der Waals surface area contributed by atoms with E-state index in [1.54, 1.807) is 0 Å². The fourth-order valence-electron chi connectivity index (χ4n) is 2.38. The van der Waals surface area contributed by atoms with Crippen molar-refractivity contribution in [3.63, 3.8) is 0 Å². The molecule has 2 aromatic rings. The largest absolute Gasteiger partial charge is 0.488 e. The van der Waals surface area contributed by atoms with Crippen LogP contribution in [0.4, 0.5) is 0 Å². The molecule has 1 unspecified atom stereocenters. The van der Waals surface area contributed by atoms with Gasteiger partial charge in [-0.25, -0.2) is 0 Å². The first kappa shape index (κ1) is 14.1. The molecule has 1 heterocycles. The molecule has 0 radical (unpaired) electrons. The monoisotopic (exact) mass is 395 g/mol. The van der Waals surface area contributed by atoms with Crippen molar-refractivity contribution in [2.75, 3.05) is 6.54 Å². The van der Waals surface area contributed by atoms with E-state index in [4.69, 9.17) is 4.74 Å². The van der Waals surface area contributed by atoms with Crippen molar-refractivity contribution in [2.24, 2.45) is 0 Å². The van der Waals surface area contributed by atoms with Crippen LogP contribution in [0.25, 0.3) is 0 Å². The third-order valence-electron chi connectivity index (χ3n) is 3.38. The van der Waals surface area contributed by atoms with Crippen LogP contribution in [-0.2, 0) is 13.0 Å². The summed E-state index contributed by atoms with van der Waals surface area (Å²) in [6, 6.07) is 14.6. The molecule has 1 aliphatic heterocycles. The minimum atomic E-state index is 0.231. The number of rotatable bonds is 4. The summed E-state index contributed by atoms with van der Waals surface area (Å²) in [6.45, 7) is 1.73. The Hall–Kier alpha value is -0.840. The number of hydrogen-bond donors (Lipinski definition) is 1. The Labute approximate surface area is 135 Å². The molecule has 0 bridgehead atoms. The Morgan fingerprint density at radius 3 is 2.60 bits per heavy atom. The van der Waals surface area contributed by atoms with Gasteiger partial charge < -0.3 is 10.1 Å². The SMILES string of the molecule is Brc1ccc(CNCC2Cc3cc(Br)ccc3O2)cc1. The molecule has 0 saturated heterocycles. The number of ether oxygens (including phenoxy) is 1. The fourth-order valence-corrected chi connectivity index (χ4v) is 3.06. The number of fused-ring (bicyclic) bond motifs is 1. The molecule has 0 aliphatic carbocycles. The van der Waals surface area contributed by atoms with E-state index in [1.807, 2.05) is 12.1 Å². The van der Waals surface area contributed by atoms with Gasteiger partial charge in [-0.1, -0.05) is 44.0 Å². The molecule has 1 N–H and O–H groups in total. The molecular formula is C16H15Br2NO. The van der Waals surface area contributed by atoms with E-state index in [-0.39, 0.29) is 6.10 Å². The maximum Gasteiger partial charge on any atom is 0.123 e. The normalized spacial score (nSPS) is 16.8. The molecular weight excluding hydrogens is 382 g/mol. The van der Waals surface area contributed by atoms with Crippen LogP contribution in [-0.4, -0.2) is 12.6 Å². The molecule has 3 rings (SSSR count). The standard InChI is InChI=1S/C16H15Br2NO/c17-13-3-1-11(2-4-13)9-19-10-15-8-12-7-14(18)5-6-16(12)20-15/h1-7,15,19H,8-10H2. The van der Waals surface area contributed by atoms with Crippen molar-refractivity contribution in [2.45, 2.75) is 19.1 Å². The lowest BCUT2D eigenvalue weighted by molar-refractivity contribution is 0.227. The summed E-state index contributed by atoms with van der Waals surface area (Å²) in [7, 11) is 0. The third-order valence-corrected chi connectivity index (χ3v) is 4.40. The Morgan fingerprint density at radius 1 is 1.05 bits per heavy atom. The molecule has 4 heteroatoms. The molecule has 20 heavy (non-hydrogen) atoms. The summed E-state index contributed by atoms with van der Waals surface area (Å²) in [5.74, 6) is 1.02. The summed E-state index contributed by atoms with van der Waals surface area (Å²) in [6.07, 6.45) is 1.21. The van der Waals surface area contributed by atoms with Gasteiger partial charge in [-0.05, 0) is 41.5 Å². The summed E-state index contributed by atoms with van der Waals surface area (Å²) < 4.78 is 8.15. The van der Waals surface area contributed by atoms with E-state index in [1.165, 1.54) is 11.1 Å². The van der Waals surface area contributed by atoms with E-state index < -0.39 is 0 Å². The van der Waals surface area contributed by atoms with Crippen LogP contribution >= 0.6 is 31.9 Å². The first-order valence-corrected chi connectivity index (χ1v) is 8.19. The Morgan fingerprint density at radius 2 is 1.80 bits per heavy atom. The van der Waals surface area contributed by atoms with Gasteiger partial charge in [-0.3, -0.25) is 0 Å². The van der Waals surface area contributed by atoms with Gasteiger partial charge in [0, 0.05) is 28.5 Å². The fraction of sp³-hybridized carbons (Fsp3) is 0.250. The molecule has 2 aromatic carbocycles. The van der Waals surface area contributed by atoms with Gasteiger partial charge in [0.2, 0.25) is 0 Å². The van der Waals surface area contributed by atoms with Crippen molar-refractivity contribution in [3.8, 4) is 5.75 Å². The van der Waals surface area contributed by atoms with E-state index in [0.29, 0.717) is 0 Å². The van der Waals surface area contributed by atoms with Crippen LogP contribution in [0.5, 0.6) is 5.75 Å². The molecule has 0 aromatic heterocycles. The van der Waals surface area contributed by atoms with Gasteiger partial charge in [-0.15, -0.1) is 0 Å². The van der Waals surface area contributed by atoms with Gasteiger partial charge in [0.25, 0.3) is 0 Å². The van der Waals surface area contributed by atoms with Crippen molar-refractivity contribution in [1.82, 2.24) is 5.32 Å². The molecule has 1 atom stereocenters. The van der Waals surface area contributed by atoms with E-state index in [2.05, 4.69) is 67.5 Å². The van der Waals surface area contributed by atoms with Gasteiger partial charge in [0.05, 0.1) is 0 Å². The highest BCUT2D eigenvalue weighted by atomic mass is 79.9. The molecule has 2 nitrogen and oxygen atoms in total. The van der Waals surface area contributed by atoms with E-state index in [0.717, 1.165) is 34.2 Å². The minimum Gasteiger partial charge on any atom is -0.488 e. The van der Waals surface area contributed by atoms with E-state index in [9.17, 15) is 0 Å². The van der Waals surface area contributed by atoms with Gasteiger partial charge >= 0.3 is 0 Å². The second kappa shape index (κ2) is 6.29. The van der Waals surface area contributed by atoms with Crippen molar-refractivity contribution >= 4 is 31.9 Å². The van der Waals surface area contributed by atoms with Crippen LogP contribution in [0.1, 0.15) is 11.1 Å². The Bertz CT molecular complexity index is 598. The quantitative estimate of drug-likeness (QED) is 0.831. The summed E-state index contributed by atoms with van der Waals surface area (Å²) in [5.41, 5.74) is 2.57. The maximum atomic E-state index is 5.93. The average Bonchev–Trinajstić information content (AvgIpc) is 2.83. The maximum absolute atomic E-state index is 5.93. The second-order valence-electron chi connectivity index (χ2n) is 4.95. The van der Waals surface area contributed by atoms with E-state index >= 15 is 0 Å². The third kappa shape index (κ3) is 3.43. The summed E-state index contributed by atoms with van der Waals surface area (Å²) in [5, 5.41) is 3.46. The zero-order valence-corrected chi connectivity index (χ0v) is 14.1. The number of benzene rings is 2. The molecule has 0 fully saturated rings. The highest BCUT2D eigenvalue weighted by Crippen LogP contribution is 2.30. The predicted octanol–water partition coefficient (Wildman–Crippen LogP) is 4.30. The van der Waals surface area contributed by atoms with Crippen molar-refractivity contribution in [3.05, 3.63) is 62.5 Å². The number of nitrogens with one attached hydrogen (secondary N) is 1. The highest BCUT2D eigenvalue weighted by molar-refractivity contribution is 9.10. The molecule has 104 valence electrons. The van der Waals surface area contributed by atoms with Gasteiger partial charge in [0.15, 0.2) is 0 Å². The zero-order valence-electron chi connectivity index (χ0n) is 10.9. The predicted molar refractivity (Wildman–Crippen MR) is 88.1 cm³/mol. The van der Waals surface area contributed by atoms with Crippen LogP contribution < -0.4 is 10.1 Å². The molecule has 0 saturated carbocycles. The topological polar surface area (TPSA) is 21.3 Å². The van der Waals surface area contributed by atoms with Crippen LogP contribution in [0, 0.1) is 0 Å². The number of halogens is 2. The number of hydrogen-bond acceptors (Lipinski definition) is 2. The second-order valence-corrected chi connectivity index (χ2v) is 6.78. The summed E-state index contributed by atoms with van der Waals surface area (Å²) >= 11 is 6.94. The Balaban J connectivity index is 1.50. The first-order chi connectivity index (χ1) is 9.70. The van der Waals surface area contributed by atoms with Crippen LogP contribution in [0.2, 0.25) is 0 Å². The van der Waals surface area contributed by atoms with Crippen LogP contribution in [0.15, 0.2) is 51.4 Å². The molecule has 0 spiro atoms. The van der Waals surface area contributed by atoms with Crippen molar-refractivity contribution in [1.29, 1.82) is 0 Å². The highest BCUT2D eigenvalue weighted by Gasteiger charge is 2.22. The lowest BCUT2D eigenvalue weighted by Crippen LogP contribution is -2.29. The minimum absolute atomic E-state index is 0.231. The summed E-state index contributed by atoms with van der Waals surface area (Å²) in [4.78, 5) is 0. The smallest absolute Gasteiger partial charge is 0.123 e. The van der Waals surface area contributed by atoms with Crippen LogP contribution in [0.3, 0.4) is 0 Å².